The Morgan fingerprint density at radius 1 is 1.00 bits per heavy atom. The van der Waals surface area contributed by atoms with Gasteiger partial charge in [0.25, 0.3) is 0 Å². The van der Waals surface area contributed by atoms with Crippen LogP contribution in [-0.2, 0) is 6.42 Å². The van der Waals surface area contributed by atoms with Gasteiger partial charge < -0.3 is 5.73 Å². The highest BCUT2D eigenvalue weighted by Gasteiger charge is 2.14. The number of aryl methyl sites for hydroxylation is 3. The molecular weight excluding hydrogens is 249 g/mol. The molecule has 0 heterocycles. The minimum absolute atomic E-state index is 0.202. The first-order valence-corrected chi connectivity index (χ1v) is 7.03. The van der Waals surface area contributed by atoms with Gasteiger partial charge in [-0.1, -0.05) is 29.8 Å². The van der Waals surface area contributed by atoms with Crippen LogP contribution in [0, 0.1) is 26.6 Å². The second-order valence-electron chi connectivity index (χ2n) is 5.57. The fourth-order valence-electron chi connectivity index (χ4n) is 2.85. The van der Waals surface area contributed by atoms with Gasteiger partial charge in [0.05, 0.1) is 0 Å². The van der Waals surface area contributed by atoms with Gasteiger partial charge in [0.1, 0.15) is 5.82 Å². The van der Waals surface area contributed by atoms with E-state index in [4.69, 9.17) is 5.73 Å². The molecule has 0 amide bonds. The van der Waals surface area contributed by atoms with Gasteiger partial charge in [-0.25, -0.2) is 4.39 Å². The fourth-order valence-corrected chi connectivity index (χ4v) is 2.85. The highest BCUT2D eigenvalue weighted by atomic mass is 19.1. The van der Waals surface area contributed by atoms with Gasteiger partial charge in [-0.15, -0.1) is 0 Å². The Morgan fingerprint density at radius 3 is 2.05 bits per heavy atom. The lowest BCUT2D eigenvalue weighted by molar-refractivity contribution is 0.623. The summed E-state index contributed by atoms with van der Waals surface area (Å²) in [6, 6.07) is 11.1. The van der Waals surface area contributed by atoms with Gasteiger partial charge >= 0.3 is 0 Å². The molecule has 0 radical (unpaired) electrons. The minimum atomic E-state index is -0.202. The van der Waals surface area contributed by atoms with Crippen molar-refractivity contribution in [1.82, 2.24) is 0 Å². The summed E-state index contributed by atoms with van der Waals surface area (Å²) in [4.78, 5) is 0. The number of benzene rings is 2. The Bertz CT molecular complexity index is 564. The zero-order valence-corrected chi connectivity index (χ0v) is 12.4. The Kier molecular flexibility index (Phi) is 4.56. The zero-order valence-electron chi connectivity index (χ0n) is 12.4. The monoisotopic (exact) mass is 271 g/mol. The van der Waals surface area contributed by atoms with E-state index in [2.05, 4.69) is 32.9 Å². The maximum atomic E-state index is 13.0. The van der Waals surface area contributed by atoms with Crippen LogP contribution < -0.4 is 5.73 Å². The fraction of sp³-hybridized carbons (Fsp3) is 0.333. The number of rotatable bonds is 4. The molecule has 2 heteroatoms. The lowest BCUT2D eigenvalue weighted by Crippen LogP contribution is -2.16. The van der Waals surface area contributed by atoms with Crippen LogP contribution in [0.3, 0.4) is 0 Å². The highest BCUT2D eigenvalue weighted by molar-refractivity contribution is 5.39. The van der Waals surface area contributed by atoms with Crippen LogP contribution in [0.1, 0.15) is 33.7 Å². The van der Waals surface area contributed by atoms with Crippen LogP contribution >= 0.6 is 0 Å². The quantitative estimate of drug-likeness (QED) is 0.892. The van der Waals surface area contributed by atoms with Crippen LogP contribution in [0.15, 0.2) is 36.4 Å². The van der Waals surface area contributed by atoms with Crippen molar-refractivity contribution in [3.05, 3.63) is 70.0 Å². The highest BCUT2D eigenvalue weighted by Crippen LogP contribution is 2.25. The van der Waals surface area contributed by atoms with E-state index in [9.17, 15) is 4.39 Å². The molecule has 0 saturated carbocycles. The number of halogens is 1. The Labute approximate surface area is 120 Å². The molecular formula is C18H22FN. The van der Waals surface area contributed by atoms with Gasteiger partial charge in [0.2, 0.25) is 0 Å². The smallest absolute Gasteiger partial charge is 0.123 e. The normalized spacial score (nSPS) is 12.4. The van der Waals surface area contributed by atoms with Gasteiger partial charge in [0.15, 0.2) is 0 Å². The van der Waals surface area contributed by atoms with E-state index in [0.29, 0.717) is 6.54 Å². The molecule has 106 valence electrons. The third-order valence-electron chi connectivity index (χ3n) is 3.92. The van der Waals surface area contributed by atoms with Crippen molar-refractivity contribution in [2.75, 3.05) is 6.54 Å². The van der Waals surface area contributed by atoms with Crippen molar-refractivity contribution < 1.29 is 4.39 Å². The average molecular weight is 271 g/mol. The van der Waals surface area contributed by atoms with E-state index in [1.807, 2.05) is 12.1 Å². The standard InChI is InChI=1S/C18H22FN/c1-12-8-13(2)18(14(3)9-12)10-16(11-20)15-4-6-17(19)7-5-15/h4-9,16H,10-11,20H2,1-3H3. The van der Waals surface area contributed by atoms with Crippen molar-refractivity contribution >= 4 is 0 Å². The predicted molar refractivity (Wildman–Crippen MR) is 82.6 cm³/mol. The van der Waals surface area contributed by atoms with Gasteiger partial charge in [0, 0.05) is 5.92 Å². The first-order chi connectivity index (χ1) is 9.51. The summed E-state index contributed by atoms with van der Waals surface area (Å²) in [5.74, 6) is 0.0305. The van der Waals surface area contributed by atoms with Gasteiger partial charge in [-0.05, 0) is 68.1 Å². The Balaban J connectivity index is 2.29. The van der Waals surface area contributed by atoms with Crippen molar-refractivity contribution in [2.45, 2.75) is 33.1 Å². The summed E-state index contributed by atoms with van der Waals surface area (Å²) >= 11 is 0. The van der Waals surface area contributed by atoms with E-state index in [1.165, 1.54) is 34.4 Å². The summed E-state index contributed by atoms with van der Waals surface area (Å²) in [6.45, 7) is 6.98. The van der Waals surface area contributed by atoms with E-state index < -0.39 is 0 Å². The van der Waals surface area contributed by atoms with E-state index >= 15 is 0 Å². The number of hydrogen-bond acceptors (Lipinski definition) is 1. The molecule has 2 N–H and O–H groups in total. The molecule has 0 aliphatic carbocycles. The largest absolute Gasteiger partial charge is 0.330 e. The molecule has 2 aromatic carbocycles. The minimum Gasteiger partial charge on any atom is -0.330 e. The first kappa shape index (κ1) is 14.7. The Hall–Kier alpha value is -1.67. The Morgan fingerprint density at radius 2 is 1.55 bits per heavy atom. The molecule has 0 aromatic heterocycles. The summed E-state index contributed by atoms with van der Waals surface area (Å²) < 4.78 is 13.0. The third kappa shape index (κ3) is 3.26. The predicted octanol–water partition coefficient (Wildman–Crippen LogP) is 4.04. The SMILES string of the molecule is Cc1cc(C)c(CC(CN)c2ccc(F)cc2)c(C)c1. The molecule has 1 nitrogen and oxygen atoms in total. The van der Waals surface area contributed by atoms with E-state index in [1.54, 1.807) is 0 Å². The maximum absolute atomic E-state index is 13.0. The molecule has 2 aromatic rings. The van der Waals surface area contributed by atoms with Crippen molar-refractivity contribution in [2.24, 2.45) is 5.73 Å². The van der Waals surface area contributed by atoms with Crippen LogP contribution in [0.5, 0.6) is 0 Å². The molecule has 2 rings (SSSR count). The maximum Gasteiger partial charge on any atom is 0.123 e. The number of nitrogens with two attached hydrogens (primary N) is 1. The first-order valence-electron chi connectivity index (χ1n) is 7.03. The molecule has 0 spiro atoms. The average Bonchev–Trinajstić information content (AvgIpc) is 2.39. The lowest BCUT2D eigenvalue weighted by Gasteiger charge is -2.19. The van der Waals surface area contributed by atoms with Gasteiger partial charge in [-0.3, -0.25) is 0 Å². The zero-order chi connectivity index (χ0) is 14.7. The van der Waals surface area contributed by atoms with Crippen LogP contribution in [-0.4, -0.2) is 6.54 Å². The van der Waals surface area contributed by atoms with Gasteiger partial charge in [-0.2, -0.15) is 0 Å². The summed E-state index contributed by atoms with van der Waals surface area (Å²) in [5.41, 5.74) is 12.3. The second kappa shape index (κ2) is 6.19. The van der Waals surface area contributed by atoms with E-state index in [0.717, 1.165) is 12.0 Å². The molecule has 1 unspecified atom stereocenters. The summed E-state index contributed by atoms with van der Waals surface area (Å²) in [5, 5.41) is 0. The van der Waals surface area contributed by atoms with Crippen molar-refractivity contribution in [3.63, 3.8) is 0 Å². The number of hydrogen-bond donors (Lipinski definition) is 1. The lowest BCUT2D eigenvalue weighted by atomic mass is 9.87. The van der Waals surface area contributed by atoms with E-state index in [-0.39, 0.29) is 11.7 Å². The van der Waals surface area contributed by atoms with Crippen LogP contribution in [0.2, 0.25) is 0 Å². The van der Waals surface area contributed by atoms with Crippen molar-refractivity contribution in [3.8, 4) is 0 Å². The molecule has 0 aliphatic heterocycles. The molecule has 0 fully saturated rings. The molecule has 20 heavy (non-hydrogen) atoms. The van der Waals surface area contributed by atoms with Crippen molar-refractivity contribution in [1.29, 1.82) is 0 Å². The molecule has 0 saturated heterocycles. The molecule has 0 bridgehead atoms. The topological polar surface area (TPSA) is 26.0 Å². The molecule has 1 atom stereocenters. The summed E-state index contributed by atoms with van der Waals surface area (Å²) in [7, 11) is 0. The van der Waals surface area contributed by atoms with Crippen LogP contribution in [0.25, 0.3) is 0 Å². The second-order valence-corrected chi connectivity index (χ2v) is 5.57. The van der Waals surface area contributed by atoms with Crippen LogP contribution in [0.4, 0.5) is 4.39 Å². The summed E-state index contributed by atoms with van der Waals surface area (Å²) in [6.07, 6.45) is 0.903. The molecule has 0 aliphatic rings. The third-order valence-corrected chi connectivity index (χ3v) is 3.92.